The quantitative estimate of drug-likeness (QED) is 0.873. The first kappa shape index (κ1) is 14.1. The van der Waals surface area contributed by atoms with Gasteiger partial charge in [-0.3, -0.25) is 4.79 Å². The molecular weight excluding hydrogens is 236 g/mol. The van der Waals surface area contributed by atoms with Gasteiger partial charge in [0.15, 0.2) is 0 Å². The first-order valence-electron chi connectivity index (χ1n) is 7.25. The molecule has 3 heteroatoms. The number of hydrogen-bond donors (Lipinski definition) is 2. The zero-order valence-electron chi connectivity index (χ0n) is 11.6. The van der Waals surface area contributed by atoms with E-state index in [0.29, 0.717) is 12.0 Å². The van der Waals surface area contributed by atoms with E-state index in [2.05, 4.69) is 5.32 Å². The number of carbonyl (C=O) groups excluding carboxylic acids is 1. The molecule has 1 unspecified atom stereocenters. The second kappa shape index (κ2) is 6.71. The first-order valence-corrected chi connectivity index (χ1v) is 7.25. The summed E-state index contributed by atoms with van der Waals surface area (Å²) in [6.07, 6.45) is 4.46. The van der Waals surface area contributed by atoms with E-state index in [0.717, 1.165) is 37.8 Å². The topological polar surface area (TPSA) is 55.1 Å². The van der Waals surface area contributed by atoms with Gasteiger partial charge in [-0.25, -0.2) is 0 Å². The number of benzene rings is 1. The highest BCUT2D eigenvalue weighted by Crippen LogP contribution is 2.22. The number of nitrogens with two attached hydrogens (primary N) is 1. The maximum atomic E-state index is 12.1. The highest BCUT2D eigenvalue weighted by Gasteiger charge is 2.20. The van der Waals surface area contributed by atoms with E-state index in [1.807, 2.05) is 37.3 Å². The molecule has 0 aliphatic heterocycles. The van der Waals surface area contributed by atoms with Crippen LogP contribution in [-0.4, -0.2) is 18.5 Å². The van der Waals surface area contributed by atoms with Gasteiger partial charge in [0.2, 0.25) is 5.91 Å². The van der Waals surface area contributed by atoms with E-state index in [1.165, 1.54) is 0 Å². The highest BCUT2D eigenvalue weighted by molar-refractivity contribution is 5.83. The van der Waals surface area contributed by atoms with E-state index in [1.54, 1.807) is 0 Å². The highest BCUT2D eigenvalue weighted by atomic mass is 16.1. The maximum Gasteiger partial charge on any atom is 0.227 e. The Morgan fingerprint density at radius 2 is 1.89 bits per heavy atom. The van der Waals surface area contributed by atoms with Gasteiger partial charge in [-0.2, -0.15) is 0 Å². The van der Waals surface area contributed by atoms with Gasteiger partial charge >= 0.3 is 0 Å². The van der Waals surface area contributed by atoms with Gasteiger partial charge in [-0.1, -0.05) is 30.3 Å². The molecule has 3 N–H and O–H groups in total. The predicted molar refractivity (Wildman–Crippen MR) is 77.8 cm³/mol. The molecule has 0 radical (unpaired) electrons. The van der Waals surface area contributed by atoms with Crippen LogP contribution < -0.4 is 11.1 Å². The number of carbonyl (C=O) groups is 1. The van der Waals surface area contributed by atoms with Crippen LogP contribution in [0.2, 0.25) is 0 Å². The summed E-state index contributed by atoms with van der Waals surface area (Å²) in [5, 5.41) is 3.09. The van der Waals surface area contributed by atoms with Crippen molar-refractivity contribution in [3.8, 4) is 0 Å². The average Bonchev–Trinajstić information content (AvgIpc) is 2.46. The second-order valence-corrected chi connectivity index (χ2v) is 5.66. The fraction of sp³-hybridized carbons (Fsp3) is 0.562. The minimum Gasteiger partial charge on any atom is -0.355 e. The number of amides is 1. The van der Waals surface area contributed by atoms with Crippen molar-refractivity contribution >= 4 is 5.91 Å². The Kier molecular flexibility index (Phi) is 4.97. The summed E-state index contributed by atoms with van der Waals surface area (Å²) in [6, 6.07) is 10.3. The molecule has 3 nitrogen and oxygen atoms in total. The summed E-state index contributed by atoms with van der Waals surface area (Å²) in [6.45, 7) is 2.75. The minimum absolute atomic E-state index is 0.0768. The van der Waals surface area contributed by atoms with Crippen LogP contribution in [0, 0.1) is 5.92 Å². The molecule has 1 aliphatic rings. The third-order valence-corrected chi connectivity index (χ3v) is 4.15. The van der Waals surface area contributed by atoms with E-state index < -0.39 is 0 Å². The molecule has 1 saturated carbocycles. The normalized spacial score (nSPS) is 24.7. The fourth-order valence-electron chi connectivity index (χ4n) is 2.68. The first-order chi connectivity index (χ1) is 9.16. The number of nitrogens with one attached hydrogen (secondary N) is 1. The molecule has 0 spiro atoms. The summed E-state index contributed by atoms with van der Waals surface area (Å²) in [7, 11) is 0. The fourth-order valence-corrected chi connectivity index (χ4v) is 2.68. The van der Waals surface area contributed by atoms with Crippen molar-refractivity contribution in [3.05, 3.63) is 35.9 Å². The Hall–Kier alpha value is -1.35. The van der Waals surface area contributed by atoms with Gasteiger partial charge in [-0.15, -0.1) is 0 Å². The van der Waals surface area contributed by atoms with Crippen LogP contribution in [0.5, 0.6) is 0 Å². The maximum absolute atomic E-state index is 12.1. The summed E-state index contributed by atoms with van der Waals surface area (Å²) < 4.78 is 0. The Bertz CT molecular complexity index is 396. The van der Waals surface area contributed by atoms with Crippen LogP contribution in [0.3, 0.4) is 0 Å². The van der Waals surface area contributed by atoms with Crippen LogP contribution in [0.1, 0.15) is 44.1 Å². The Balaban J connectivity index is 1.78. The van der Waals surface area contributed by atoms with Crippen LogP contribution in [0.25, 0.3) is 0 Å². The van der Waals surface area contributed by atoms with Crippen LogP contribution in [0.4, 0.5) is 0 Å². The Labute approximate surface area is 115 Å². The van der Waals surface area contributed by atoms with Crippen molar-refractivity contribution in [2.24, 2.45) is 11.7 Å². The van der Waals surface area contributed by atoms with E-state index in [9.17, 15) is 4.79 Å². The third kappa shape index (κ3) is 4.06. The van der Waals surface area contributed by atoms with Gasteiger partial charge in [0.05, 0.1) is 5.92 Å². The van der Waals surface area contributed by atoms with Crippen LogP contribution >= 0.6 is 0 Å². The molecule has 0 aromatic heterocycles. The summed E-state index contributed by atoms with van der Waals surface area (Å²) in [5.74, 6) is 0.653. The van der Waals surface area contributed by atoms with Crippen molar-refractivity contribution in [2.75, 3.05) is 6.54 Å². The average molecular weight is 260 g/mol. The molecular formula is C16H24N2O. The molecule has 19 heavy (non-hydrogen) atoms. The van der Waals surface area contributed by atoms with Gasteiger partial charge < -0.3 is 11.1 Å². The zero-order valence-corrected chi connectivity index (χ0v) is 11.6. The van der Waals surface area contributed by atoms with Crippen LogP contribution in [0.15, 0.2) is 30.3 Å². The van der Waals surface area contributed by atoms with Gasteiger partial charge in [0.25, 0.3) is 0 Å². The molecule has 0 heterocycles. The van der Waals surface area contributed by atoms with E-state index in [-0.39, 0.29) is 11.8 Å². The molecule has 1 aromatic carbocycles. The summed E-state index contributed by atoms with van der Waals surface area (Å²) in [5.41, 5.74) is 6.96. The largest absolute Gasteiger partial charge is 0.355 e. The number of rotatable bonds is 4. The van der Waals surface area contributed by atoms with E-state index >= 15 is 0 Å². The lowest BCUT2D eigenvalue weighted by molar-refractivity contribution is -0.122. The lowest BCUT2D eigenvalue weighted by Gasteiger charge is -2.26. The molecule has 104 valence electrons. The SMILES string of the molecule is CC(C(=O)NCC1CCC(N)CC1)c1ccccc1. The van der Waals surface area contributed by atoms with Crippen molar-refractivity contribution in [2.45, 2.75) is 44.6 Å². The predicted octanol–water partition coefficient (Wildman–Crippen LogP) is 2.42. The molecule has 1 amide bonds. The van der Waals surface area contributed by atoms with Gasteiger partial charge in [0, 0.05) is 12.6 Å². The Morgan fingerprint density at radius 1 is 1.26 bits per heavy atom. The molecule has 1 atom stereocenters. The van der Waals surface area contributed by atoms with Gasteiger partial charge in [-0.05, 0) is 44.1 Å². The van der Waals surface area contributed by atoms with Crippen LogP contribution in [-0.2, 0) is 4.79 Å². The third-order valence-electron chi connectivity index (χ3n) is 4.15. The van der Waals surface area contributed by atoms with E-state index in [4.69, 9.17) is 5.73 Å². The van der Waals surface area contributed by atoms with Gasteiger partial charge in [0.1, 0.15) is 0 Å². The molecule has 1 aliphatic carbocycles. The lowest BCUT2D eigenvalue weighted by Crippen LogP contribution is -2.35. The standard InChI is InChI=1S/C16H24N2O/c1-12(14-5-3-2-4-6-14)16(19)18-11-13-7-9-15(17)10-8-13/h2-6,12-13,15H,7-11,17H2,1H3,(H,18,19). The van der Waals surface area contributed by atoms with Crippen molar-refractivity contribution < 1.29 is 4.79 Å². The molecule has 2 rings (SSSR count). The minimum atomic E-state index is -0.0768. The second-order valence-electron chi connectivity index (χ2n) is 5.66. The lowest BCUT2D eigenvalue weighted by atomic mass is 9.86. The monoisotopic (exact) mass is 260 g/mol. The van der Waals surface area contributed by atoms with Crippen molar-refractivity contribution in [1.29, 1.82) is 0 Å². The number of hydrogen-bond acceptors (Lipinski definition) is 2. The molecule has 1 aromatic rings. The summed E-state index contributed by atoms with van der Waals surface area (Å²) >= 11 is 0. The zero-order chi connectivity index (χ0) is 13.7. The Morgan fingerprint density at radius 3 is 2.53 bits per heavy atom. The van der Waals surface area contributed by atoms with Crippen molar-refractivity contribution in [3.63, 3.8) is 0 Å². The molecule has 1 fully saturated rings. The molecule has 0 bridgehead atoms. The molecule has 0 saturated heterocycles. The summed E-state index contributed by atoms with van der Waals surface area (Å²) in [4.78, 5) is 12.1. The smallest absolute Gasteiger partial charge is 0.227 e. The van der Waals surface area contributed by atoms with Crippen molar-refractivity contribution in [1.82, 2.24) is 5.32 Å².